The van der Waals surface area contributed by atoms with Gasteiger partial charge in [0.25, 0.3) is 11.5 Å². The van der Waals surface area contributed by atoms with Gasteiger partial charge in [0.2, 0.25) is 0 Å². The molecule has 2 heterocycles. The van der Waals surface area contributed by atoms with Crippen LogP contribution in [-0.4, -0.2) is 41.6 Å². The van der Waals surface area contributed by atoms with E-state index in [9.17, 15) is 9.59 Å². The SMILES string of the molecule is CN(C)[C@H](CNC(=O)c1ccc(=O)[nH]n1)c1ccsc1. The van der Waals surface area contributed by atoms with Gasteiger partial charge in [0, 0.05) is 12.6 Å². The number of H-pyrrole nitrogens is 1. The number of amides is 1. The van der Waals surface area contributed by atoms with Gasteiger partial charge >= 0.3 is 0 Å². The van der Waals surface area contributed by atoms with Crippen molar-refractivity contribution in [2.75, 3.05) is 20.6 Å². The van der Waals surface area contributed by atoms with Crippen LogP contribution in [0.2, 0.25) is 0 Å². The number of rotatable bonds is 5. The first-order valence-corrected chi connectivity index (χ1v) is 7.04. The first-order valence-electron chi connectivity index (χ1n) is 6.10. The summed E-state index contributed by atoms with van der Waals surface area (Å²) in [7, 11) is 3.93. The third-order valence-electron chi connectivity index (χ3n) is 2.92. The Labute approximate surface area is 120 Å². The highest BCUT2D eigenvalue weighted by molar-refractivity contribution is 7.07. The Morgan fingerprint density at radius 2 is 2.25 bits per heavy atom. The molecule has 1 amide bonds. The molecule has 0 aliphatic carbocycles. The molecule has 0 bridgehead atoms. The largest absolute Gasteiger partial charge is 0.349 e. The second-order valence-electron chi connectivity index (χ2n) is 4.55. The van der Waals surface area contributed by atoms with E-state index in [-0.39, 0.29) is 23.2 Å². The van der Waals surface area contributed by atoms with Crippen LogP contribution < -0.4 is 10.9 Å². The van der Waals surface area contributed by atoms with Crippen LogP contribution >= 0.6 is 11.3 Å². The summed E-state index contributed by atoms with van der Waals surface area (Å²) >= 11 is 1.63. The maximum Gasteiger partial charge on any atom is 0.271 e. The third-order valence-corrected chi connectivity index (χ3v) is 3.62. The Balaban J connectivity index is 2.01. The van der Waals surface area contributed by atoms with Crippen LogP contribution in [0.15, 0.2) is 33.8 Å². The van der Waals surface area contributed by atoms with Crippen LogP contribution in [0.1, 0.15) is 22.1 Å². The van der Waals surface area contributed by atoms with Crippen molar-refractivity contribution >= 4 is 17.2 Å². The van der Waals surface area contributed by atoms with Crippen molar-refractivity contribution < 1.29 is 4.79 Å². The molecular formula is C13H16N4O2S. The molecule has 0 saturated carbocycles. The second kappa shape index (κ2) is 6.44. The van der Waals surface area contributed by atoms with Gasteiger partial charge in [0.15, 0.2) is 0 Å². The van der Waals surface area contributed by atoms with E-state index in [4.69, 9.17) is 0 Å². The Morgan fingerprint density at radius 1 is 1.45 bits per heavy atom. The summed E-state index contributed by atoms with van der Waals surface area (Å²) in [5, 5.41) is 12.8. The Hall–Kier alpha value is -1.99. The predicted octanol–water partition coefficient (Wildman–Crippen LogP) is 0.864. The summed E-state index contributed by atoms with van der Waals surface area (Å²) in [5.41, 5.74) is 1.04. The van der Waals surface area contributed by atoms with Crippen LogP contribution in [0, 0.1) is 0 Å². The minimum Gasteiger partial charge on any atom is -0.349 e. The summed E-state index contributed by atoms with van der Waals surface area (Å²) in [4.78, 5) is 24.9. The third kappa shape index (κ3) is 3.52. The molecule has 1 atom stereocenters. The number of aromatic nitrogens is 2. The zero-order valence-corrected chi connectivity index (χ0v) is 12.1. The number of nitrogens with one attached hydrogen (secondary N) is 2. The molecule has 6 nitrogen and oxygen atoms in total. The van der Waals surface area contributed by atoms with E-state index < -0.39 is 0 Å². The molecule has 0 spiro atoms. The predicted molar refractivity (Wildman–Crippen MR) is 77.9 cm³/mol. The van der Waals surface area contributed by atoms with Gasteiger partial charge in [0.05, 0.1) is 6.04 Å². The lowest BCUT2D eigenvalue weighted by atomic mass is 10.1. The molecule has 7 heteroatoms. The number of aromatic amines is 1. The van der Waals surface area contributed by atoms with E-state index in [2.05, 4.69) is 20.9 Å². The van der Waals surface area contributed by atoms with Crippen LogP contribution in [0.4, 0.5) is 0 Å². The minimum absolute atomic E-state index is 0.105. The Kier molecular flexibility index (Phi) is 4.65. The normalized spacial score (nSPS) is 12.3. The highest BCUT2D eigenvalue weighted by atomic mass is 32.1. The number of likely N-dealkylation sites (N-methyl/N-ethyl adjacent to an activating group) is 1. The minimum atomic E-state index is -0.328. The fraction of sp³-hybridized carbons (Fsp3) is 0.308. The van der Waals surface area contributed by atoms with Crippen LogP contribution in [0.3, 0.4) is 0 Å². The highest BCUT2D eigenvalue weighted by Crippen LogP contribution is 2.19. The maximum atomic E-state index is 11.9. The molecule has 2 aromatic heterocycles. The summed E-state index contributed by atoms with van der Waals surface area (Å²) in [6.07, 6.45) is 0. The Morgan fingerprint density at radius 3 is 2.80 bits per heavy atom. The van der Waals surface area contributed by atoms with Gasteiger partial charge in [0.1, 0.15) is 5.69 Å². The molecule has 0 saturated heterocycles. The van der Waals surface area contributed by atoms with Gasteiger partial charge in [-0.25, -0.2) is 5.10 Å². The molecule has 0 aliphatic heterocycles. The molecule has 0 fully saturated rings. The lowest BCUT2D eigenvalue weighted by Crippen LogP contribution is -2.35. The zero-order valence-electron chi connectivity index (χ0n) is 11.3. The van der Waals surface area contributed by atoms with E-state index >= 15 is 0 Å². The number of hydrogen-bond acceptors (Lipinski definition) is 5. The van der Waals surface area contributed by atoms with Gasteiger partial charge in [-0.15, -0.1) is 0 Å². The molecule has 0 aliphatic rings. The van der Waals surface area contributed by atoms with E-state index in [0.717, 1.165) is 5.56 Å². The van der Waals surface area contributed by atoms with E-state index in [0.29, 0.717) is 6.54 Å². The fourth-order valence-electron chi connectivity index (χ4n) is 1.81. The highest BCUT2D eigenvalue weighted by Gasteiger charge is 2.16. The molecule has 2 aromatic rings. The van der Waals surface area contributed by atoms with Crippen molar-refractivity contribution in [2.24, 2.45) is 0 Å². The first-order chi connectivity index (χ1) is 9.58. The van der Waals surface area contributed by atoms with Gasteiger partial charge in [-0.2, -0.15) is 16.4 Å². The Bertz CT molecular complexity index is 601. The van der Waals surface area contributed by atoms with Crippen molar-refractivity contribution in [3.05, 3.63) is 50.6 Å². The van der Waals surface area contributed by atoms with Crippen molar-refractivity contribution in [1.82, 2.24) is 20.4 Å². The number of hydrogen-bond donors (Lipinski definition) is 2. The second-order valence-corrected chi connectivity index (χ2v) is 5.33. The molecule has 0 unspecified atom stereocenters. The summed E-state index contributed by atoms with van der Waals surface area (Å²) in [6, 6.07) is 4.83. The number of carbonyl (C=O) groups is 1. The monoisotopic (exact) mass is 292 g/mol. The molecule has 0 radical (unpaired) electrons. The van der Waals surface area contributed by atoms with Gasteiger partial charge in [-0.1, -0.05) is 0 Å². The first kappa shape index (κ1) is 14.4. The standard InChI is InChI=1S/C13H16N4O2S/c1-17(2)11(9-5-6-20-8-9)7-14-13(19)10-3-4-12(18)16-15-10/h3-6,8,11H,7H2,1-2H3,(H,14,19)(H,16,18)/t11-/m1/s1. The molecule has 20 heavy (non-hydrogen) atoms. The van der Waals surface area contributed by atoms with Crippen LogP contribution in [-0.2, 0) is 0 Å². The zero-order chi connectivity index (χ0) is 14.5. The van der Waals surface area contributed by atoms with Crippen molar-refractivity contribution in [3.63, 3.8) is 0 Å². The topological polar surface area (TPSA) is 78.1 Å². The van der Waals surface area contributed by atoms with E-state index in [1.807, 2.05) is 30.4 Å². The van der Waals surface area contributed by atoms with Crippen molar-refractivity contribution in [2.45, 2.75) is 6.04 Å². The number of nitrogens with zero attached hydrogens (tertiary/aromatic N) is 2. The molecule has 2 rings (SSSR count). The van der Waals surface area contributed by atoms with E-state index in [1.54, 1.807) is 11.3 Å². The van der Waals surface area contributed by atoms with Crippen molar-refractivity contribution in [1.29, 1.82) is 0 Å². The summed E-state index contributed by atoms with van der Waals surface area (Å²) < 4.78 is 0. The molecular weight excluding hydrogens is 276 g/mol. The quantitative estimate of drug-likeness (QED) is 0.857. The molecule has 106 valence electrons. The smallest absolute Gasteiger partial charge is 0.271 e. The van der Waals surface area contributed by atoms with E-state index in [1.165, 1.54) is 12.1 Å². The lowest BCUT2D eigenvalue weighted by Gasteiger charge is -2.23. The number of thiophene rings is 1. The fourth-order valence-corrected chi connectivity index (χ4v) is 2.52. The summed E-state index contributed by atoms with van der Waals surface area (Å²) in [6.45, 7) is 0.476. The van der Waals surface area contributed by atoms with Gasteiger partial charge in [-0.3, -0.25) is 9.59 Å². The van der Waals surface area contributed by atoms with Gasteiger partial charge < -0.3 is 10.2 Å². The number of carbonyl (C=O) groups excluding carboxylic acids is 1. The van der Waals surface area contributed by atoms with Gasteiger partial charge in [-0.05, 0) is 42.6 Å². The summed E-state index contributed by atoms with van der Waals surface area (Å²) in [5.74, 6) is -0.302. The average Bonchev–Trinajstić information content (AvgIpc) is 2.93. The molecule has 2 N–H and O–H groups in total. The van der Waals surface area contributed by atoms with Crippen LogP contribution in [0.5, 0.6) is 0 Å². The van der Waals surface area contributed by atoms with Crippen molar-refractivity contribution in [3.8, 4) is 0 Å². The maximum absolute atomic E-state index is 11.9. The average molecular weight is 292 g/mol. The van der Waals surface area contributed by atoms with Crippen LogP contribution in [0.25, 0.3) is 0 Å². The molecule has 0 aromatic carbocycles. The lowest BCUT2D eigenvalue weighted by molar-refractivity contribution is 0.0936.